The molecular formula is C31H31ClO5. The van der Waals surface area contributed by atoms with Crippen molar-refractivity contribution in [1.82, 2.24) is 0 Å². The highest BCUT2D eigenvalue weighted by atomic mass is 35.5. The fourth-order valence-corrected chi connectivity index (χ4v) is 6.68. The molecule has 3 fully saturated rings. The van der Waals surface area contributed by atoms with Crippen LogP contribution in [0.3, 0.4) is 0 Å². The Morgan fingerprint density at radius 1 is 0.838 bits per heavy atom. The summed E-state index contributed by atoms with van der Waals surface area (Å²) in [5, 5.41) is 0. The zero-order valence-corrected chi connectivity index (χ0v) is 21.9. The van der Waals surface area contributed by atoms with Crippen LogP contribution in [0.5, 0.6) is 0 Å². The first-order chi connectivity index (χ1) is 18.0. The molecule has 37 heavy (non-hydrogen) atoms. The number of hydrogen-bond donors (Lipinski definition) is 0. The molecule has 0 unspecified atom stereocenters. The smallest absolute Gasteiger partial charge is 0.172 e. The summed E-state index contributed by atoms with van der Waals surface area (Å²) < 4.78 is 32.3. The fourth-order valence-electron chi connectivity index (χ4n) is 6.35. The van der Waals surface area contributed by atoms with Crippen molar-refractivity contribution in [3.05, 3.63) is 119 Å². The van der Waals surface area contributed by atoms with Crippen molar-refractivity contribution in [1.29, 1.82) is 0 Å². The van der Waals surface area contributed by atoms with Crippen LogP contribution in [0, 0.1) is 5.41 Å². The van der Waals surface area contributed by atoms with E-state index in [2.05, 4.69) is 36.4 Å². The zero-order chi connectivity index (χ0) is 25.7. The lowest BCUT2D eigenvalue weighted by Gasteiger charge is -2.43. The molecule has 1 aliphatic carbocycles. The van der Waals surface area contributed by atoms with Gasteiger partial charge in [0.15, 0.2) is 12.1 Å². The van der Waals surface area contributed by atoms with Gasteiger partial charge in [-0.05, 0) is 36.1 Å². The Hall–Kier alpha value is -2.51. The maximum absolute atomic E-state index is 7.24. The van der Waals surface area contributed by atoms with Gasteiger partial charge in [0.1, 0.15) is 23.9 Å². The minimum atomic E-state index is -0.903. The van der Waals surface area contributed by atoms with Crippen molar-refractivity contribution >= 4 is 11.6 Å². The zero-order valence-electron chi connectivity index (χ0n) is 21.2. The maximum Gasteiger partial charge on any atom is 0.172 e. The highest BCUT2D eigenvalue weighted by molar-refractivity contribution is 6.26. The van der Waals surface area contributed by atoms with Gasteiger partial charge in [-0.25, -0.2) is 0 Å². The molecule has 2 aliphatic heterocycles. The topological polar surface area (TPSA) is 46.2 Å². The lowest BCUT2D eigenvalue weighted by Crippen LogP contribution is -2.53. The molecule has 0 aromatic heterocycles. The van der Waals surface area contributed by atoms with Gasteiger partial charge in [-0.15, -0.1) is 0 Å². The van der Waals surface area contributed by atoms with Gasteiger partial charge in [-0.1, -0.05) is 103 Å². The molecule has 1 saturated carbocycles. The summed E-state index contributed by atoms with van der Waals surface area (Å²) in [6.45, 7) is 4.08. The molecule has 5 nitrogen and oxygen atoms in total. The first kappa shape index (κ1) is 24.8. The van der Waals surface area contributed by atoms with E-state index < -0.39 is 23.1 Å². The Balaban J connectivity index is 1.52. The van der Waals surface area contributed by atoms with Crippen molar-refractivity contribution in [3.63, 3.8) is 0 Å². The van der Waals surface area contributed by atoms with Crippen LogP contribution < -0.4 is 0 Å². The molecule has 6 rings (SSSR count). The van der Waals surface area contributed by atoms with Gasteiger partial charge in [0, 0.05) is 12.6 Å². The minimum absolute atomic E-state index is 0.236. The van der Waals surface area contributed by atoms with Crippen LogP contribution in [0.4, 0.5) is 0 Å². The second-order valence-electron chi connectivity index (χ2n) is 10.3. The Labute approximate surface area is 222 Å². The van der Waals surface area contributed by atoms with E-state index in [1.165, 1.54) is 0 Å². The summed E-state index contributed by atoms with van der Waals surface area (Å²) in [6, 6.07) is 30.9. The normalized spacial score (nSPS) is 31.1. The van der Waals surface area contributed by atoms with Crippen LogP contribution in [-0.4, -0.2) is 44.1 Å². The number of fused-ring (bicyclic) bond motifs is 5. The SMILES string of the molecule is CO[C@H]1O[C@H]2/C(=C/Cl)[C@]1(COC(c1ccccc1)(c1ccccc1)c1ccccc1)[C@H]1OC(C)(C)O[C@@H]21. The number of hydrogen-bond acceptors (Lipinski definition) is 5. The third kappa shape index (κ3) is 3.72. The van der Waals surface area contributed by atoms with E-state index in [1.807, 2.05) is 68.4 Å². The van der Waals surface area contributed by atoms with Crippen LogP contribution in [0.25, 0.3) is 0 Å². The van der Waals surface area contributed by atoms with Crippen molar-refractivity contribution in [2.24, 2.45) is 5.41 Å². The molecule has 2 saturated heterocycles. The highest BCUT2D eigenvalue weighted by Gasteiger charge is 2.73. The van der Waals surface area contributed by atoms with Crippen molar-refractivity contribution in [3.8, 4) is 0 Å². The maximum atomic E-state index is 7.24. The first-order valence-electron chi connectivity index (χ1n) is 12.6. The van der Waals surface area contributed by atoms with Gasteiger partial charge in [0.05, 0.1) is 12.0 Å². The summed E-state index contributed by atoms with van der Waals surface area (Å²) in [5.41, 5.74) is 3.84. The Bertz CT molecular complexity index is 1170. The molecule has 6 heteroatoms. The lowest BCUT2D eigenvalue weighted by molar-refractivity contribution is -0.238. The molecule has 5 atom stereocenters. The Morgan fingerprint density at radius 3 is 1.81 bits per heavy atom. The Kier molecular flexibility index (Phi) is 6.27. The van der Waals surface area contributed by atoms with Gasteiger partial charge >= 0.3 is 0 Å². The van der Waals surface area contributed by atoms with Gasteiger partial charge in [0.25, 0.3) is 0 Å². The monoisotopic (exact) mass is 518 g/mol. The molecule has 2 bridgehead atoms. The van der Waals surface area contributed by atoms with E-state index in [0.29, 0.717) is 0 Å². The molecular weight excluding hydrogens is 488 g/mol. The average molecular weight is 519 g/mol. The van der Waals surface area contributed by atoms with Crippen molar-refractivity contribution in [2.45, 2.75) is 49.8 Å². The molecule has 0 radical (unpaired) electrons. The number of halogens is 1. The summed E-state index contributed by atoms with van der Waals surface area (Å²) in [7, 11) is 1.65. The number of ether oxygens (including phenoxy) is 5. The Morgan fingerprint density at radius 2 is 1.35 bits per heavy atom. The fraction of sp³-hybridized carbons (Fsp3) is 0.355. The number of rotatable bonds is 7. The van der Waals surface area contributed by atoms with E-state index in [-0.39, 0.29) is 24.9 Å². The molecule has 3 aliphatic rings. The second-order valence-corrected chi connectivity index (χ2v) is 10.5. The molecule has 3 aromatic rings. The predicted octanol–water partition coefficient (Wildman–Crippen LogP) is 6.01. The summed E-state index contributed by atoms with van der Waals surface area (Å²) in [4.78, 5) is 0. The van der Waals surface area contributed by atoms with E-state index in [4.69, 9.17) is 35.3 Å². The summed E-state index contributed by atoms with van der Waals surface area (Å²) in [6.07, 6.45) is -1.59. The van der Waals surface area contributed by atoms with Crippen molar-refractivity contribution in [2.75, 3.05) is 13.7 Å². The van der Waals surface area contributed by atoms with Crippen LogP contribution in [0.2, 0.25) is 0 Å². The van der Waals surface area contributed by atoms with E-state index in [1.54, 1.807) is 12.6 Å². The third-order valence-electron chi connectivity index (χ3n) is 7.87. The predicted molar refractivity (Wildman–Crippen MR) is 141 cm³/mol. The van der Waals surface area contributed by atoms with Crippen LogP contribution >= 0.6 is 11.6 Å². The van der Waals surface area contributed by atoms with Crippen LogP contribution in [0.15, 0.2) is 102 Å². The van der Waals surface area contributed by atoms with E-state index in [0.717, 1.165) is 22.3 Å². The van der Waals surface area contributed by atoms with Gasteiger partial charge in [-0.3, -0.25) is 0 Å². The van der Waals surface area contributed by atoms with Crippen LogP contribution in [0.1, 0.15) is 30.5 Å². The summed E-state index contributed by atoms with van der Waals surface area (Å²) >= 11 is 6.47. The standard InChI is InChI=1S/C31H31ClO5/c1-29(2)36-26-25-24(19-32)30(27(26)37-29,28(33-3)35-25)20-34-31(21-13-7-4-8-14-21,22-15-9-5-10-16-22)23-17-11-6-12-18-23/h4-19,25-28H,20H2,1-3H3/b24-19-/t25-,26-,27-,28-,30+/m0/s1. The lowest BCUT2D eigenvalue weighted by atomic mass is 9.78. The quantitative estimate of drug-likeness (QED) is 0.358. The largest absolute Gasteiger partial charge is 0.360 e. The molecule has 2 heterocycles. The van der Waals surface area contributed by atoms with Gasteiger partial charge < -0.3 is 23.7 Å². The molecule has 0 amide bonds. The first-order valence-corrected chi connectivity index (χ1v) is 13.0. The third-order valence-corrected chi connectivity index (χ3v) is 8.11. The van der Waals surface area contributed by atoms with Gasteiger partial charge in [-0.2, -0.15) is 0 Å². The van der Waals surface area contributed by atoms with E-state index in [9.17, 15) is 0 Å². The van der Waals surface area contributed by atoms with Crippen LogP contribution in [-0.2, 0) is 29.3 Å². The molecule has 0 N–H and O–H groups in total. The van der Waals surface area contributed by atoms with Crippen molar-refractivity contribution < 1.29 is 23.7 Å². The summed E-state index contributed by atoms with van der Waals surface area (Å²) in [5.74, 6) is -0.752. The second kappa shape index (κ2) is 9.35. The molecule has 192 valence electrons. The number of methoxy groups -OCH3 is 1. The average Bonchev–Trinajstić information content (AvgIpc) is 3.52. The minimum Gasteiger partial charge on any atom is -0.360 e. The number of benzene rings is 3. The van der Waals surface area contributed by atoms with E-state index >= 15 is 0 Å². The molecule has 0 spiro atoms. The molecule has 3 aromatic carbocycles. The van der Waals surface area contributed by atoms with Gasteiger partial charge in [0.2, 0.25) is 0 Å². The highest BCUT2D eigenvalue weighted by Crippen LogP contribution is 2.61.